The minimum absolute atomic E-state index is 0.395. The third kappa shape index (κ3) is 5.05. The normalized spacial score (nSPS) is 10.4. The summed E-state index contributed by atoms with van der Waals surface area (Å²) in [7, 11) is 1.65. The van der Waals surface area contributed by atoms with E-state index in [0.717, 1.165) is 27.4 Å². The van der Waals surface area contributed by atoms with Crippen molar-refractivity contribution in [2.45, 2.75) is 4.90 Å². The average molecular weight is 427 g/mol. The number of methoxy groups -OCH3 is 1. The Labute approximate surface area is 186 Å². The lowest BCUT2D eigenvalue weighted by atomic mass is 10.1. The number of rotatable bonds is 3. The SMILES string of the molecule is COc1ccc(S)cc1.Nc1nc2ccccc2nc1Nc1ccc2ccccc2c1. The number of benzene rings is 4. The van der Waals surface area contributed by atoms with Gasteiger partial charge in [-0.15, -0.1) is 12.6 Å². The van der Waals surface area contributed by atoms with E-state index in [1.54, 1.807) is 7.11 Å². The van der Waals surface area contributed by atoms with Crippen molar-refractivity contribution in [1.82, 2.24) is 9.97 Å². The summed E-state index contributed by atoms with van der Waals surface area (Å²) in [5.74, 6) is 1.84. The molecule has 31 heavy (non-hydrogen) atoms. The van der Waals surface area contributed by atoms with Crippen molar-refractivity contribution in [3.05, 3.63) is 91.0 Å². The van der Waals surface area contributed by atoms with Crippen LogP contribution in [0.5, 0.6) is 5.75 Å². The Hall–Kier alpha value is -3.77. The standard InChI is InChI=1S/C18H14N4.C7H8OS/c19-17-18(22-16-8-4-3-7-15(16)21-17)20-14-10-9-12-5-1-2-6-13(12)11-14;1-8-6-2-4-7(9)5-3-6/h1-11H,(H2,19,21)(H,20,22);2-5,9H,1H3. The maximum Gasteiger partial charge on any atom is 0.174 e. The van der Waals surface area contributed by atoms with Crippen LogP contribution in [0.15, 0.2) is 95.9 Å². The summed E-state index contributed by atoms with van der Waals surface area (Å²) < 4.78 is 4.94. The van der Waals surface area contributed by atoms with Crippen LogP contribution in [0.3, 0.4) is 0 Å². The van der Waals surface area contributed by atoms with E-state index in [-0.39, 0.29) is 0 Å². The summed E-state index contributed by atoms with van der Waals surface area (Å²) in [5, 5.41) is 5.62. The van der Waals surface area contributed by atoms with E-state index in [1.807, 2.05) is 66.7 Å². The third-order valence-electron chi connectivity index (χ3n) is 4.68. The van der Waals surface area contributed by atoms with Crippen LogP contribution in [0.25, 0.3) is 21.8 Å². The van der Waals surface area contributed by atoms with Crippen molar-refractivity contribution < 1.29 is 4.74 Å². The summed E-state index contributed by atoms with van der Waals surface area (Å²) in [5.41, 5.74) is 8.57. The predicted molar refractivity (Wildman–Crippen MR) is 131 cm³/mol. The molecule has 0 saturated heterocycles. The highest BCUT2D eigenvalue weighted by Crippen LogP contribution is 2.25. The molecular formula is C25H22N4OS. The number of aromatic nitrogens is 2. The fraction of sp³-hybridized carbons (Fsp3) is 0.0400. The summed E-state index contributed by atoms with van der Waals surface area (Å²) in [6, 6.07) is 29.6. The first-order chi connectivity index (χ1) is 15.1. The molecule has 0 unspecified atom stereocenters. The van der Waals surface area contributed by atoms with E-state index in [1.165, 1.54) is 10.8 Å². The van der Waals surface area contributed by atoms with Crippen LogP contribution in [0.1, 0.15) is 0 Å². The minimum Gasteiger partial charge on any atom is -0.497 e. The van der Waals surface area contributed by atoms with Gasteiger partial charge in [-0.2, -0.15) is 0 Å². The smallest absolute Gasteiger partial charge is 0.174 e. The number of nitrogens with two attached hydrogens (primary N) is 1. The topological polar surface area (TPSA) is 73.1 Å². The highest BCUT2D eigenvalue weighted by molar-refractivity contribution is 7.80. The second kappa shape index (κ2) is 9.36. The number of hydrogen-bond donors (Lipinski definition) is 3. The van der Waals surface area contributed by atoms with Crippen molar-refractivity contribution in [2.75, 3.05) is 18.2 Å². The molecule has 0 aliphatic rings. The molecule has 0 amide bonds. The lowest BCUT2D eigenvalue weighted by Gasteiger charge is -2.10. The largest absolute Gasteiger partial charge is 0.497 e. The number of fused-ring (bicyclic) bond motifs is 2. The van der Waals surface area contributed by atoms with E-state index in [4.69, 9.17) is 10.5 Å². The second-order valence-electron chi connectivity index (χ2n) is 6.83. The summed E-state index contributed by atoms with van der Waals surface area (Å²) >= 11 is 4.11. The molecule has 5 rings (SSSR count). The molecule has 0 aliphatic carbocycles. The molecule has 4 aromatic carbocycles. The van der Waals surface area contributed by atoms with Gasteiger partial charge in [0.1, 0.15) is 5.75 Å². The van der Waals surface area contributed by atoms with Gasteiger partial charge < -0.3 is 15.8 Å². The number of anilines is 3. The van der Waals surface area contributed by atoms with Crippen molar-refractivity contribution in [1.29, 1.82) is 0 Å². The third-order valence-corrected chi connectivity index (χ3v) is 4.98. The van der Waals surface area contributed by atoms with Gasteiger partial charge in [0.2, 0.25) is 0 Å². The molecule has 0 saturated carbocycles. The first kappa shape index (κ1) is 20.5. The Morgan fingerprint density at radius 3 is 2.13 bits per heavy atom. The number of nitrogens with one attached hydrogen (secondary N) is 1. The Morgan fingerprint density at radius 1 is 0.774 bits per heavy atom. The number of para-hydroxylation sites is 2. The number of ether oxygens (including phenoxy) is 1. The van der Waals surface area contributed by atoms with Gasteiger partial charge in [0.05, 0.1) is 18.1 Å². The van der Waals surface area contributed by atoms with Crippen LogP contribution < -0.4 is 15.8 Å². The van der Waals surface area contributed by atoms with E-state index in [9.17, 15) is 0 Å². The highest BCUT2D eigenvalue weighted by atomic mass is 32.1. The molecule has 5 nitrogen and oxygen atoms in total. The second-order valence-corrected chi connectivity index (χ2v) is 7.35. The number of thiol groups is 1. The van der Waals surface area contributed by atoms with Crippen LogP contribution >= 0.6 is 12.6 Å². The van der Waals surface area contributed by atoms with Crippen LogP contribution in [0, 0.1) is 0 Å². The molecule has 3 N–H and O–H groups in total. The maximum atomic E-state index is 6.01. The van der Waals surface area contributed by atoms with Gasteiger partial charge in [-0.05, 0) is 59.3 Å². The van der Waals surface area contributed by atoms with Crippen molar-refractivity contribution in [2.24, 2.45) is 0 Å². The van der Waals surface area contributed by atoms with Gasteiger partial charge in [-0.25, -0.2) is 9.97 Å². The Morgan fingerprint density at radius 2 is 1.42 bits per heavy atom. The Bertz CT molecular complexity index is 1320. The predicted octanol–water partition coefficient (Wildman–Crippen LogP) is 6.09. The van der Waals surface area contributed by atoms with Crippen LogP contribution in [0.2, 0.25) is 0 Å². The van der Waals surface area contributed by atoms with E-state index in [2.05, 4.69) is 52.2 Å². The molecule has 6 heteroatoms. The van der Waals surface area contributed by atoms with Crippen molar-refractivity contribution in [3.63, 3.8) is 0 Å². The van der Waals surface area contributed by atoms with Crippen molar-refractivity contribution in [3.8, 4) is 5.75 Å². The molecule has 0 spiro atoms. The number of nitrogens with zero attached hydrogens (tertiary/aromatic N) is 2. The molecule has 0 radical (unpaired) electrons. The van der Waals surface area contributed by atoms with E-state index in [0.29, 0.717) is 11.6 Å². The van der Waals surface area contributed by atoms with Gasteiger partial charge in [-0.1, -0.05) is 42.5 Å². The molecule has 0 aliphatic heterocycles. The van der Waals surface area contributed by atoms with E-state index >= 15 is 0 Å². The van der Waals surface area contributed by atoms with Crippen LogP contribution in [-0.2, 0) is 0 Å². The van der Waals surface area contributed by atoms with Gasteiger partial charge in [0.15, 0.2) is 11.6 Å². The summed E-state index contributed by atoms with van der Waals surface area (Å²) in [6.07, 6.45) is 0. The minimum atomic E-state index is 0.395. The molecular weight excluding hydrogens is 404 g/mol. The number of nitrogen functional groups attached to an aromatic ring is 1. The van der Waals surface area contributed by atoms with Crippen molar-refractivity contribution >= 4 is 51.8 Å². The zero-order valence-electron chi connectivity index (χ0n) is 17.0. The zero-order valence-corrected chi connectivity index (χ0v) is 17.9. The Balaban J connectivity index is 0.000000217. The quantitative estimate of drug-likeness (QED) is 0.304. The van der Waals surface area contributed by atoms with Gasteiger partial charge in [-0.3, -0.25) is 0 Å². The molecule has 1 heterocycles. The highest BCUT2D eigenvalue weighted by Gasteiger charge is 2.06. The monoisotopic (exact) mass is 426 g/mol. The van der Waals surface area contributed by atoms with Crippen LogP contribution in [-0.4, -0.2) is 17.1 Å². The molecule has 154 valence electrons. The molecule has 0 fully saturated rings. The summed E-state index contributed by atoms with van der Waals surface area (Å²) in [4.78, 5) is 9.89. The molecule has 1 aromatic heterocycles. The number of hydrogen-bond acceptors (Lipinski definition) is 6. The first-order valence-electron chi connectivity index (χ1n) is 9.73. The first-order valence-corrected chi connectivity index (χ1v) is 10.2. The Kier molecular flexibility index (Phi) is 6.19. The molecule has 5 aromatic rings. The molecule has 0 atom stereocenters. The van der Waals surface area contributed by atoms with Gasteiger partial charge in [0, 0.05) is 10.6 Å². The van der Waals surface area contributed by atoms with Gasteiger partial charge in [0.25, 0.3) is 0 Å². The van der Waals surface area contributed by atoms with Gasteiger partial charge >= 0.3 is 0 Å². The molecule has 0 bridgehead atoms. The fourth-order valence-electron chi connectivity index (χ4n) is 3.09. The lowest BCUT2D eigenvalue weighted by Crippen LogP contribution is -2.02. The summed E-state index contributed by atoms with van der Waals surface area (Å²) in [6.45, 7) is 0. The zero-order chi connectivity index (χ0) is 21.6. The fourth-order valence-corrected chi connectivity index (χ4v) is 3.24. The lowest BCUT2D eigenvalue weighted by molar-refractivity contribution is 0.414. The van der Waals surface area contributed by atoms with E-state index < -0.39 is 0 Å². The average Bonchev–Trinajstić information content (AvgIpc) is 2.80. The maximum absolute atomic E-state index is 6.01. The van der Waals surface area contributed by atoms with Crippen LogP contribution in [0.4, 0.5) is 17.3 Å².